The highest BCUT2D eigenvalue weighted by molar-refractivity contribution is 5.68. The van der Waals surface area contributed by atoms with E-state index in [-0.39, 0.29) is 6.61 Å². The third kappa shape index (κ3) is 7.46. The summed E-state index contributed by atoms with van der Waals surface area (Å²) in [6.45, 7) is 4.40. The van der Waals surface area contributed by atoms with E-state index in [1.807, 2.05) is 91.0 Å². The Hall–Kier alpha value is -4.54. The lowest BCUT2D eigenvalue weighted by atomic mass is 9.79. The topological polar surface area (TPSA) is 124 Å². The summed E-state index contributed by atoms with van der Waals surface area (Å²) < 4.78 is 35.3. The van der Waals surface area contributed by atoms with Gasteiger partial charge in [0, 0.05) is 27.7 Å². The molecule has 0 unspecified atom stereocenters. The van der Waals surface area contributed by atoms with Gasteiger partial charge in [-0.1, -0.05) is 91.0 Å². The highest BCUT2D eigenvalue weighted by Gasteiger charge is 2.55. The van der Waals surface area contributed by atoms with Crippen LogP contribution in [0.2, 0.25) is 0 Å². The van der Waals surface area contributed by atoms with Crippen LogP contribution in [0.5, 0.6) is 0 Å². The van der Waals surface area contributed by atoms with Crippen molar-refractivity contribution in [2.24, 2.45) is 0 Å². The van der Waals surface area contributed by atoms with Crippen LogP contribution in [0.1, 0.15) is 44.4 Å². The van der Waals surface area contributed by atoms with Crippen LogP contribution >= 0.6 is 0 Å². The van der Waals surface area contributed by atoms with E-state index in [0.29, 0.717) is 16.7 Å². The average Bonchev–Trinajstić information content (AvgIpc) is 2.98. The van der Waals surface area contributed by atoms with Crippen LogP contribution in [0, 0.1) is 0 Å². The molecule has 226 valence electrons. The van der Waals surface area contributed by atoms with Gasteiger partial charge in [-0.3, -0.25) is 19.2 Å². The van der Waals surface area contributed by atoms with Gasteiger partial charge in [-0.05, 0) is 16.7 Å². The van der Waals surface area contributed by atoms with Crippen molar-refractivity contribution >= 4 is 23.9 Å². The first-order valence-electron chi connectivity index (χ1n) is 13.8. The molecule has 1 aliphatic heterocycles. The Bertz CT molecular complexity index is 1300. The summed E-state index contributed by atoms with van der Waals surface area (Å²) in [5, 5.41) is 0. The van der Waals surface area contributed by atoms with E-state index >= 15 is 0 Å². The first kappa shape index (κ1) is 31.4. The van der Waals surface area contributed by atoms with Crippen molar-refractivity contribution < 1.29 is 47.6 Å². The predicted molar refractivity (Wildman–Crippen MR) is 152 cm³/mol. The standard InChI is InChI=1S/C33H34O10/c1-21(34)38-20-28-29(39-22(2)35)30(40-23(3)36)31(32(42-28)41-24(4)37)43-33(25-14-8-5-9-15-25,26-16-10-6-11-17-26)27-18-12-7-13-19-27/h5-19,28-32H,20H2,1-4H3/t28-,29-,30+,31-,32+/m1/s1. The zero-order chi connectivity index (χ0) is 31.0. The van der Waals surface area contributed by atoms with Gasteiger partial charge in [0.25, 0.3) is 0 Å². The van der Waals surface area contributed by atoms with E-state index < -0.39 is 60.2 Å². The second-order valence-electron chi connectivity index (χ2n) is 9.96. The molecule has 43 heavy (non-hydrogen) atoms. The SMILES string of the molecule is CC(=O)OC[C@H]1O[C@H](OC(C)=O)[C@H](OC(c2ccccc2)(c2ccccc2)c2ccccc2)[C@@H](OC(C)=O)[C@@H]1OC(C)=O. The van der Waals surface area contributed by atoms with Gasteiger partial charge in [-0.2, -0.15) is 0 Å². The molecule has 0 aliphatic carbocycles. The van der Waals surface area contributed by atoms with Crippen molar-refractivity contribution in [3.05, 3.63) is 108 Å². The molecule has 0 amide bonds. The third-order valence-corrected chi connectivity index (χ3v) is 6.78. The maximum absolute atomic E-state index is 12.5. The van der Waals surface area contributed by atoms with E-state index in [0.717, 1.165) is 0 Å². The van der Waals surface area contributed by atoms with Gasteiger partial charge >= 0.3 is 23.9 Å². The smallest absolute Gasteiger partial charge is 0.305 e. The normalized spacial score (nSPS) is 21.7. The summed E-state index contributed by atoms with van der Waals surface area (Å²) in [5.41, 5.74) is 0.767. The first-order chi connectivity index (χ1) is 20.6. The lowest BCUT2D eigenvalue weighted by molar-refractivity contribution is -0.316. The fourth-order valence-corrected chi connectivity index (χ4v) is 5.18. The summed E-state index contributed by atoms with van der Waals surface area (Å²) in [4.78, 5) is 48.8. The molecule has 0 radical (unpaired) electrons. The molecular weight excluding hydrogens is 556 g/mol. The van der Waals surface area contributed by atoms with Crippen molar-refractivity contribution in [1.82, 2.24) is 0 Å². The second kappa shape index (κ2) is 14.1. The monoisotopic (exact) mass is 590 g/mol. The van der Waals surface area contributed by atoms with Gasteiger partial charge < -0.3 is 28.4 Å². The van der Waals surface area contributed by atoms with E-state index in [2.05, 4.69) is 0 Å². The lowest BCUT2D eigenvalue weighted by Crippen LogP contribution is -2.64. The van der Waals surface area contributed by atoms with Crippen molar-refractivity contribution in [3.63, 3.8) is 0 Å². The van der Waals surface area contributed by atoms with Gasteiger partial charge in [0.2, 0.25) is 6.29 Å². The molecule has 10 heteroatoms. The Morgan fingerprint density at radius 2 is 1.00 bits per heavy atom. The zero-order valence-electron chi connectivity index (χ0n) is 24.3. The number of ether oxygens (including phenoxy) is 6. The molecule has 1 saturated heterocycles. The highest BCUT2D eigenvalue weighted by atomic mass is 16.7. The summed E-state index contributed by atoms with van der Waals surface area (Å²) in [6.07, 6.45) is -6.62. The van der Waals surface area contributed by atoms with Crippen LogP contribution in [-0.4, -0.2) is 61.2 Å². The van der Waals surface area contributed by atoms with Crippen molar-refractivity contribution in [2.45, 2.75) is 64.0 Å². The van der Waals surface area contributed by atoms with Crippen LogP contribution in [-0.2, 0) is 53.2 Å². The van der Waals surface area contributed by atoms with Crippen molar-refractivity contribution in [3.8, 4) is 0 Å². The summed E-state index contributed by atoms with van der Waals surface area (Å²) in [7, 11) is 0. The lowest BCUT2D eigenvalue weighted by Gasteiger charge is -2.48. The molecule has 0 aromatic heterocycles. The molecule has 1 fully saturated rings. The molecule has 1 aliphatic rings. The Morgan fingerprint density at radius 3 is 1.40 bits per heavy atom. The molecule has 0 spiro atoms. The molecule has 0 saturated carbocycles. The van der Waals surface area contributed by atoms with Gasteiger partial charge in [0.1, 0.15) is 18.3 Å². The summed E-state index contributed by atoms with van der Waals surface area (Å²) in [5.74, 6) is -2.74. The minimum absolute atomic E-state index is 0.378. The number of rotatable bonds is 10. The maximum Gasteiger partial charge on any atom is 0.305 e. The van der Waals surface area contributed by atoms with Gasteiger partial charge in [-0.15, -0.1) is 0 Å². The quantitative estimate of drug-likeness (QED) is 0.194. The Kier molecular flexibility index (Phi) is 10.3. The Labute approximate surface area is 249 Å². The highest BCUT2D eigenvalue weighted by Crippen LogP contribution is 2.44. The van der Waals surface area contributed by atoms with Crippen LogP contribution in [0.3, 0.4) is 0 Å². The number of esters is 4. The van der Waals surface area contributed by atoms with E-state index in [1.54, 1.807) is 0 Å². The molecular formula is C33H34O10. The largest absolute Gasteiger partial charge is 0.463 e. The Morgan fingerprint density at radius 1 is 0.581 bits per heavy atom. The molecule has 4 rings (SSSR count). The number of hydrogen-bond acceptors (Lipinski definition) is 10. The predicted octanol–water partition coefficient (Wildman–Crippen LogP) is 4.08. The average molecular weight is 591 g/mol. The summed E-state index contributed by atoms with van der Waals surface area (Å²) in [6, 6.07) is 28.1. The minimum atomic E-state index is -1.47. The number of benzene rings is 3. The third-order valence-electron chi connectivity index (χ3n) is 6.78. The summed E-state index contributed by atoms with van der Waals surface area (Å²) >= 11 is 0. The number of carbonyl (C=O) groups is 4. The number of carbonyl (C=O) groups excluding carboxylic acids is 4. The fraction of sp³-hybridized carbons (Fsp3) is 0.333. The van der Waals surface area contributed by atoms with Crippen molar-refractivity contribution in [2.75, 3.05) is 6.61 Å². The van der Waals surface area contributed by atoms with E-state index in [4.69, 9.17) is 28.4 Å². The molecule has 1 heterocycles. The van der Waals surface area contributed by atoms with Crippen LogP contribution in [0.15, 0.2) is 91.0 Å². The zero-order valence-corrected chi connectivity index (χ0v) is 24.3. The van der Waals surface area contributed by atoms with Gasteiger partial charge in [0.05, 0.1) is 0 Å². The first-order valence-corrected chi connectivity index (χ1v) is 13.8. The minimum Gasteiger partial charge on any atom is -0.463 e. The fourth-order valence-electron chi connectivity index (χ4n) is 5.18. The van der Waals surface area contributed by atoms with E-state index in [1.165, 1.54) is 27.7 Å². The second-order valence-corrected chi connectivity index (χ2v) is 9.96. The van der Waals surface area contributed by atoms with Gasteiger partial charge in [0.15, 0.2) is 18.3 Å². The molecule has 10 nitrogen and oxygen atoms in total. The molecule has 5 atom stereocenters. The van der Waals surface area contributed by atoms with Crippen molar-refractivity contribution in [1.29, 1.82) is 0 Å². The van der Waals surface area contributed by atoms with E-state index in [9.17, 15) is 19.2 Å². The molecule has 3 aromatic rings. The maximum atomic E-state index is 12.5. The van der Waals surface area contributed by atoms with Crippen LogP contribution in [0.25, 0.3) is 0 Å². The van der Waals surface area contributed by atoms with Gasteiger partial charge in [-0.25, -0.2) is 0 Å². The molecule has 0 bridgehead atoms. The van der Waals surface area contributed by atoms with Crippen LogP contribution < -0.4 is 0 Å². The molecule has 3 aromatic carbocycles. The Balaban J connectivity index is 1.96. The van der Waals surface area contributed by atoms with Crippen LogP contribution in [0.4, 0.5) is 0 Å². The number of hydrogen-bond donors (Lipinski definition) is 0. The molecule has 0 N–H and O–H groups in total.